The van der Waals surface area contributed by atoms with Crippen molar-refractivity contribution in [2.45, 2.75) is 51.4 Å². The van der Waals surface area contributed by atoms with Crippen LogP contribution in [0.2, 0.25) is 0 Å². The molecular weight excluding hydrogens is 236 g/mol. The zero-order chi connectivity index (χ0) is 14.2. The maximum atomic E-state index is 10.3. The third-order valence-corrected chi connectivity index (χ3v) is 2.40. The van der Waals surface area contributed by atoms with E-state index in [1.54, 1.807) is 0 Å². The second-order valence-corrected chi connectivity index (χ2v) is 4.15. The molecule has 2 heteroatoms. The van der Waals surface area contributed by atoms with E-state index in [0.717, 1.165) is 44.9 Å². The molecule has 0 radical (unpaired) electrons. The number of carboxylic acid groups (broad SMARTS) is 1. The zero-order valence-corrected chi connectivity index (χ0v) is 11.5. The summed E-state index contributed by atoms with van der Waals surface area (Å²) >= 11 is 0. The van der Waals surface area contributed by atoms with Crippen LogP contribution in [0.1, 0.15) is 51.4 Å². The molecular formula is C17H22O2. The lowest BCUT2D eigenvalue weighted by Crippen LogP contribution is -1.93. The molecule has 0 saturated carbocycles. The first-order valence-corrected chi connectivity index (χ1v) is 6.73. The molecule has 0 amide bonds. The predicted octanol–water partition coefficient (Wildman–Crippen LogP) is 3.94. The molecule has 0 rings (SSSR count). The number of hydrogen-bond acceptors (Lipinski definition) is 1. The maximum Gasteiger partial charge on any atom is 0.303 e. The average Bonchev–Trinajstić information content (AvgIpc) is 2.39. The Bertz CT molecular complexity index is 396. The third-order valence-electron chi connectivity index (χ3n) is 2.40. The van der Waals surface area contributed by atoms with Crippen molar-refractivity contribution >= 4 is 5.97 Å². The molecule has 1 N–H and O–H groups in total. The first-order chi connectivity index (χ1) is 9.27. The number of hydrogen-bond donors (Lipinski definition) is 1. The summed E-state index contributed by atoms with van der Waals surface area (Å²) in [7, 11) is 0. The molecule has 0 aromatic carbocycles. The van der Waals surface area contributed by atoms with E-state index >= 15 is 0 Å². The average molecular weight is 258 g/mol. The number of unbranched alkanes of at least 4 members (excludes halogenated alkanes) is 5. The summed E-state index contributed by atoms with van der Waals surface area (Å²) < 4.78 is 0. The largest absolute Gasteiger partial charge is 0.481 e. The molecule has 0 spiro atoms. The Morgan fingerprint density at radius 1 is 1.11 bits per heavy atom. The van der Waals surface area contributed by atoms with Crippen LogP contribution in [0.4, 0.5) is 0 Å². The van der Waals surface area contributed by atoms with Crippen LogP contribution in [0.15, 0.2) is 24.8 Å². The van der Waals surface area contributed by atoms with E-state index in [1.165, 1.54) is 0 Å². The second kappa shape index (κ2) is 14.1. The fourth-order valence-electron chi connectivity index (χ4n) is 1.38. The van der Waals surface area contributed by atoms with E-state index in [9.17, 15) is 4.79 Å². The Labute approximate surface area is 116 Å². The fraction of sp³-hybridized carbons (Fsp3) is 0.471. The van der Waals surface area contributed by atoms with Gasteiger partial charge in [-0.05, 0) is 43.6 Å². The van der Waals surface area contributed by atoms with Gasteiger partial charge in [-0.25, -0.2) is 0 Å². The minimum atomic E-state index is -0.712. The molecule has 0 aliphatic carbocycles. The molecule has 102 valence electrons. The number of aliphatic carboxylic acids is 1. The van der Waals surface area contributed by atoms with Crippen molar-refractivity contribution in [2.24, 2.45) is 0 Å². The highest BCUT2D eigenvalue weighted by atomic mass is 16.4. The smallest absolute Gasteiger partial charge is 0.303 e. The molecule has 2 nitrogen and oxygen atoms in total. The van der Waals surface area contributed by atoms with Crippen molar-refractivity contribution in [2.75, 3.05) is 0 Å². The van der Waals surface area contributed by atoms with Gasteiger partial charge in [-0.3, -0.25) is 4.79 Å². The molecule has 0 unspecified atom stereocenters. The Morgan fingerprint density at radius 3 is 2.63 bits per heavy atom. The molecule has 0 aromatic rings. The topological polar surface area (TPSA) is 37.3 Å². The summed E-state index contributed by atoms with van der Waals surface area (Å²) in [6.45, 7) is 3.64. The van der Waals surface area contributed by atoms with Gasteiger partial charge < -0.3 is 5.11 Å². The van der Waals surface area contributed by atoms with Crippen LogP contribution in [-0.2, 0) is 4.79 Å². The second-order valence-electron chi connectivity index (χ2n) is 4.15. The van der Waals surface area contributed by atoms with Crippen molar-refractivity contribution in [3.63, 3.8) is 0 Å². The zero-order valence-electron chi connectivity index (χ0n) is 11.5. The summed E-state index contributed by atoms with van der Waals surface area (Å²) in [6.07, 6.45) is 12.6. The Morgan fingerprint density at radius 2 is 1.89 bits per heavy atom. The van der Waals surface area contributed by atoms with Crippen LogP contribution in [0.3, 0.4) is 0 Å². The number of carboxylic acids is 1. The lowest BCUT2D eigenvalue weighted by atomic mass is 10.1. The normalized spacial score (nSPS) is 9.26. The van der Waals surface area contributed by atoms with E-state index in [0.29, 0.717) is 0 Å². The standard InChI is InChI=1S/C17H22O2/c1-2-3-4-5-6-7-8-9-10-11-12-13-14-15-16-17(18)19/h2,5-6H,1,3-4,11-16H2,(H,18,19). The molecule has 0 aromatic heterocycles. The first-order valence-electron chi connectivity index (χ1n) is 6.73. The van der Waals surface area contributed by atoms with E-state index < -0.39 is 5.97 Å². The molecule has 0 aliphatic heterocycles. The van der Waals surface area contributed by atoms with E-state index in [2.05, 4.69) is 30.3 Å². The molecule has 0 bridgehead atoms. The quantitative estimate of drug-likeness (QED) is 0.386. The Balaban J connectivity index is 3.44. The van der Waals surface area contributed by atoms with Crippen LogP contribution in [-0.4, -0.2) is 11.1 Å². The van der Waals surface area contributed by atoms with Crippen LogP contribution in [0.5, 0.6) is 0 Å². The summed E-state index contributed by atoms with van der Waals surface area (Å²) in [5.41, 5.74) is 0. The van der Waals surface area contributed by atoms with Crippen LogP contribution < -0.4 is 0 Å². The van der Waals surface area contributed by atoms with Gasteiger partial charge in [-0.15, -0.1) is 6.58 Å². The highest BCUT2D eigenvalue weighted by molar-refractivity contribution is 5.66. The number of rotatable bonds is 9. The molecule has 0 aliphatic rings. The summed E-state index contributed by atoms with van der Waals surface area (Å²) in [4.78, 5) is 10.3. The van der Waals surface area contributed by atoms with E-state index in [1.807, 2.05) is 18.2 Å². The predicted molar refractivity (Wildman–Crippen MR) is 79.5 cm³/mol. The number of carbonyl (C=O) groups is 1. The lowest BCUT2D eigenvalue weighted by molar-refractivity contribution is -0.137. The van der Waals surface area contributed by atoms with E-state index in [-0.39, 0.29) is 6.42 Å². The SMILES string of the molecule is C=CCCC=CC#CC#CCCCCCCC(=O)O. The molecule has 0 atom stereocenters. The van der Waals surface area contributed by atoms with Crippen LogP contribution >= 0.6 is 0 Å². The first kappa shape index (κ1) is 17.1. The number of allylic oxidation sites excluding steroid dienone is 3. The molecule has 0 fully saturated rings. The fourth-order valence-corrected chi connectivity index (χ4v) is 1.38. The van der Waals surface area contributed by atoms with Gasteiger partial charge >= 0.3 is 5.97 Å². The maximum absolute atomic E-state index is 10.3. The van der Waals surface area contributed by atoms with Gasteiger partial charge in [0.05, 0.1) is 0 Å². The molecule has 0 heterocycles. The van der Waals surface area contributed by atoms with Crippen LogP contribution in [0, 0.1) is 23.7 Å². The minimum Gasteiger partial charge on any atom is -0.481 e. The Hall–Kier alpha value is -1.93. The van der Waals surface area contributed by atoms with Gasteiger partial charge in [0.2, 0.25) is 0 Å². The molecule has 0 saturated heterocycles. The van der Waals surface area contributed by atoms with E-state index in [4.69, 9.17) is 5.11 Å². The minimum absolute atomic E-state index is 0.273. The van der Waals surface area contributed by atoms with Gasteiger partial charge in [0.25, 0.3) is 0 Å². The van der Waals surface area contributed by atoms with Crippen molar-refractivity contribution in [3.05, 3.63) is 24.8 Å². The van der Waals surface area contributed by atoms with Crippen molar-refractivity contribution < 1.29 is 9.90 Å². The highest BCUT2D eigenvalue weighted by Gasteiger charge is 1.95. The molecule has 19 heavy (non-hydrogen) atoms. The monoisotopic (exact) mass is 258 g/mol. The summed E-state index contributed by atoms with van der Waals surface area (Å²) in [6, 6.07) is 0. The van der Waals surface area contributed by atoms with Gasteiger partial charge in [0.1, 0.15) is 0 Å². The third kappa shape index (κ3) is 16.1. The van der Waals surface area contributed by atoms with Crippen molar-refractivity contribution in [3.8, 4) is 23.7 Å². The highest BCUT2D eigenvalue weighted by Crippen LogP contribution is 2.04. The van der Waals surface area contributed by atoms with Gasteiger partial charge in [-0.1, -0.05) is 36.8 Å². The van der Waals surface area contributed by atoms with Gasteiger partial charge in [0.15, 0.2) is 0 Å². The summed E-state index contributed by atoms with van der Waals surface area (Å²) in [5.74, 6) is 10.7. The van der Waals surface area contributed by atoms with Crippen molar-refractivity contribution in [1.82, 2.24) is 0 Å². The van der Waals surface area contributed by atoms with Crippen molar-refractivity contribution in [1.29, 1.82) is 0 Å². The van der Waals surface area contributed by atoms with Gasteiger partial charge in [-0.2, -0.15) is 0 Å². The van der Waals surface area contributed by atoms with Crippen LogP contribution in [0.25, 0.3) is 0 Å². The lowest BCUT2D eigenvalue weighted by Gasteiger charge is -1.95. The Kier molecular flexibility index (Phi) is 12.7. The summed E-state index contributed by atoms with van der Waals surface area (Å²) in [5, 5.41) is 8.46. The van der Waals surface area contributed by atoms with Gasteiger partial charge in [0, 0.05) is 12.8 Å².